The summed E-state index contributed by atoms with van der Waals surface area (Å²) in [5.74, 6) is -2.37. The molecule has 2 unspecified atom stereocenters. The fourth-order valence-electron chi connectivity index (χ4n) is 2.77. The number of rotatable bonds is 5. The first-order valence-corrected chi connectivity index (χ1v) is 8.96. The van der Waals surface area contributed by atoms with Crippen LogP contribution < -0.4 is 4.72 Å². The van der Waals surface area contributed by atoms with Crippen molar-refractivity contribution in [2.75, 3.05) is 12.8 Å². The second-order valence-corrected chi connectivity index (χ2v) is 7.44. The highest BCUT2D eigenvalue weighted by molar-refractivity contribution is 7.90. The average Bonchev–Trinajstić information content (AvgIpc) is 2.76. The van der Waals surface area contributed by atoms with Gasteiger partial charge in [-0.3, -0.25) is 14.3 Å². The van der Waals surface area contributed by atoms with E-state index in [1.165, 1.54) is 29.2 Å². The van der Waals surface area contributed by atoms with Gasteiger partial charge in [-0.1, -0.05) is 19.1 Å². The van der Waals surface area contributed by atoms with Crippen LogP contribution in [0.4, 0.5) is 4.39 Å². The molecule has 126 valence electrons. The molecule has 1 N–H and O–H groups in total. The van der Waals surface area contributed by atoms with E-state index in [9.17, 15) is 22.4 Å². The molecule has 1 aliphatic rings. The minimum atomic E-state index is -3.70. The van der Waals surface area contributed by atoms with Gasteiger partial charge in [0.1, 0.15) is 5.82 Å². The van der Waals surface area contributed by atoms with E-state index in [0.717, 1.165) is 0 Å². The molecule has 1 fully saturated rings. The second-order valence-electron chi connectivity index (χ2n) is 5.60. The first kappa shape index (κ1) is 17.4. The standard InChI is InChI=1S/C15H19FN2O4S/c1-3-8-23(21,22)17-15(20)12-9-13(19)18(2)14(12)10-4-6-11(16)7-5-10/h4-7,12,14H,3,8-9H2,1-2H3,(H,17,20). The van der Waals surface area contributed by atoms with Gasteiger partial charge in [-0.05, 0) is 24.1 Å². The first-order chi connectivity index (χ1) is 10.7. The second kappa shape index (κ2) is 6.66. The Morgan fingerprint density at radius 3 is 2.52 bits per heavy atom. The predicted octanol–water partition coefficient (Wildman–Crippen LogP) is 1.20. The van der Waals surface area contributed by atoms with Gasteiger partial charge in [0.15, 0.2) is 0 Å². The molecule has 23 heavy (non-hydrogen) atoms. The molecule has 1 heterocycles. The molecule has 2 amide bonds. The summed E-state index contributed by atoms with van der Waals surface area (Å²) in [6.45, 7) is 1.69. The summed E-state index contributed by atoms with van der Waals surface area (Å²) in [5, 5.41) is 0. The number of nitrogens with one attached hydrogen (secondary N) is 1. The molecule has 1 saturated heterocycles. The van der Waals surface area contributed by atoms with Gasteiger partial charge in [0.2, 0.25) is 21.8 Å². The van der Waals surface area contributed by atoms with Gasteiger partial charge >= 0.3 is 0 Å². The van der Waals surface area contributed by atoms with Crippen LogP contribution in [0.25, 0.3) is 0 Å². The number of carbonyl (C=O) groups excluding carboxylic acids is 2. The molecule has 0 saturated carbocycles. The van der Waals surface area contributed by atoms with Crippen molar-refractivity contribution >= 4 is 21.8 Å². The lowest BCUT2D eigenvalue weighted by atomic mass is 9.93. The largest absolute Gasteiger partial charge is 0.338 e. The Hall–Kier alpha value is -1.96. The molecule has 1 aromatic rings. The highest BCUT2D eigenvalue weighted by Gasteiger charge is 2.43. The van der Waals surface area contributed by atoms with Gasteiger partial charge in [0.25, 0.3) is 0 Å². The lowest BCUT2D eigenvalue weighted by Gasteiger charge is -2.24. The van der Waals surface area contributed by atoms with Gasteiger partial charge < -0.3 is 4.90 Å². The van der Waals surface area contributed by atoms with E-state index in [-0.39, 0.29) is 18.1 Å². The number of amides is 2. The fraction of sp³-hybridized carbons (Fsp3) is 0.467. The van der Waals surface area contributed by atoms with E-state index in [1.807, 2.05) is 4.72 Å². The predicted molar refractivity (Wildman–Crippen MR) is 82.2 cm³/mol. The SMILES string of the molecule is CCCS(=O)(=O)NC(=O)C1CC(=O)N(C)C1c1ccc(F)cc1. The summed E-state index contributed by atoms with van der Waals surface area (Å²) in [7, 11) is -2.16. The summed E-state index contributed by atoms with van der Waals surface area (Å²) in [6, 6.07) is 4.87. The third kappa shape index (κ3) is 3.87. The highest BCUT2D eigenvalue weighted by Crippen LogP contribution is 2.37. The Balaban J connectivity index is 2.27. The van der Waals surface area contributed by atoms with Crippen molar-refractivity contribution in [3.05, 3.63) is 35.6 Å². The minimum absolute atomic E-state index is 0.0774. The van der Waals surface area contributed by atoms with Gasteiger partial charge in [-0.25, -0.2) is 12.8 Å². The number of carbonyl (C=O) groups is 2. The normalized spacial score (nSPS) is 21.5. The van der Waals surface area contributed by atoms with Crippen molar-refractivity contribution in [2.24, 2.45) is 5.92 Å². The maximum atomic E-state index is 13.1. The van der Waals surface area contributed by atoms with Crippen molar-refractivity contribution in [3.63, 3.8) is 0 Å². The quantitative estimate of drug-likeness (QED) is 0.871. The minimum Gasteiger partial charge on any atom is -0.338 e. The Kier molecular flexibility index (Phi) is 5.03. The van der Waals surface area contributed by atoms with Gasteiger partial charge in [-0.2, -0.15) is 0 Å². The van der Waals surface area contributed by atoms with Crippen LogP contribution in [0.5, 0.6) is 0 Å². The monoisotopic (exact) mass is 342 g/mol. The molecule has 0 bridgehead atoms. The summed E-state index contributed by atoms with van der Waals surface area (Å²) in [4.78, 5) is 25.7. The maximum absolute atomic E-state index is 13.1. The van der Waals surface area contributed by atoms with E-state index >= 15 is 0 Å². The highest BCUT2D eigenvalue weighted by atomic mass is 32.2. The van der Waals surface area contributed by atoms with Crippen LogP contribution in [0.3, 0.4) is 0 Å². The van der Waals surface area contributed by atoms with Crippen LogP contribution in [0.1, 0.15) is 31.4 Å². The lowest BCUT2D eigenvalue weighted by Crippen LogP contribution is -2.39. The summed E-state index contributed by atoms with van der Waals surface area (Å²) >= 11 is 0. The van der Waals surface area contributed by atoms with Crippen molar-refractivity contribution in [2.45, 2.75) is 25.8 Å². The Morgan fingerprint density at radius 2 is 1.96 bits per heavy atom. The Morgan fingerprint density at radius 1 is 1.35 bits per heavy atom. The molecule has 0 spiro atoms. The molecule has 1 aliphatic heterocycles. The van der Waals surface area contributed by atoms with Crippen LogP contribution in [0.2, 0.25) is 0 Å². The molecule has 6 nitrogen and oxygen atoms in total. The van der Waals surface area contributed by atoms with Gasteiger partial charge in [-0.15, -0.1) is 0 Å². The number of nitrogens with zero attached hydrogens (tertiary/aromatic N) is 1. The van der Waals surface area contributed by atoms with Crippen LogP contribution in [0, 0.1) is 11.7 Å². The van der Waals surface area contributed by atoms with E-state index in [1.54, 1.807) is 14.0 Å². The van der Waals surface area contributed by atoms with Crippen molar-refractivity contribution in [3.8, 4) is 0 Å². The third-order valence-electron chi connectivity index (χ3n) is 3.86. The molecular formula is C15H19FN2O4S. The number of benzene rings is 1. The van der Waals surface area contributed by atoms with E-state index in [0.29, 0.717) is 12.0 Å². The molecule has 0 radical (unpaired) electrons. The number of sulfonamides is 1. The van der Waals surface area contributed by atoms with E-state index in [2.05, 4.69) is 0 Å². The fourth-order valence-corrected chi connectivity index (χ4v) is 3.87. The Labute approximate surface area is 134 Å². The lowest BCUT2D eigenvalue weighted by molar-refractivity contribution is -0.128. The zero-order valence-electron chi connectivity index (χ0n) is 13.0. The van der Waals surface area contributed by atoms with E-state index in [4.69, 9.17) is 0 Å². The molecule has 2 rings (SSSR count). The molecule has 1 aromatic carbocycles. The molecule has 0 aliphatic carbocycles. The Bertz CT molecular complexity index is 703. The van der Waals surface area contributed by atoms with E-state index < -0.39 is 33.7 Å². The summed E-state index contributed by atoms with van der Waals surface area (Å²) in [5.41, 5.74) is 0.591. The molecular weight excluding hydrogens is 323 g/mol. The number of likely N-dealkylation sites (tertiary alicyclic amines) is 1. The average molecular weight is 342 g/mol. The van der Waals surface area contributed by atoms with Crippen LogP contribution >= 0.6 is 0 Å². The van der Waals surface area contributed by atoms with Gasteiger partial charge in [0, 0.05) is 13.5 Å². The smallest absolute Gasteiger partial charge is 0.239 e. The zero-order chi connectivity index (χ0) is 17.2. The number of halogens is 1. The van der Waals surface area contributed by atoms with Gasteiger partial charge in [0.05, 0.1) is 17.7 Å². The summed E-state index contributed by atoms with van der Waals surface area (Å²) in [6.07, 6.45) is 0.305. The van der Waals surface area contributed by atoms with Crippen molar-refractivity contribution < 1.29 is 22.4 Å². The topological polar surface area (TPSA) is 83.5 Å². The van der Waals surface area contributed by atoms with Crippen molar-refractivity contribution in [1.82, 2.24) is 9.62 Å². The van der Waals surface area contributed by atoms with Crippen LogP contribution in [-0.4, -0.2) is 37.9 Å². The molecule has 0 aromatic heterocycles. The third-order valence-corrected chi connectivity index (χ3v) is 5.32. The summed E-state index contributed by atoms with van der Waals surface area (Å²) < 4.78 is 38.6. The molecule has 8 heteroatoms. The molecule has 2 atom stereocenters. The number of hydrogen-bond donors (Lipinski definition) is 1. The van der Waals surface area contributed by atoms with Crippen molar-refractivity contribution in [1.29, 1.82) is 0 Å². The van der Waals surface area contributed by atoms with Crippen LogP contribution in [0.15, 0.2) is 24.3 Å². The first-order valence-electron chi connectivity index (χ1n) is 7.30. The number of hydrogen-bond acceptors (Lipinski definition) is 4. The maximum Gasteiger partial charge on any atom is 0.239 e. The zero-order valence-corrected chi connectivity index (χ0v) is 13.8. The van der Waals surface area contributed by atoms with Crippen LogP contribution in [-0.2, 0) is 19.6 Å².